The van der Waals surface area contributed by atoms with E-state index in [0.29, 0.717) is 12.0 Å². The van der Waals surface area contributed by atoms with E-state index in [9.17, 15) is 18.0 Å². The number of aliphatic hydroxyl groups is 1. The molecule has 30 heavy (non-hydrogen) atoms. The predicted octanol–water partition coefficient (Wildman–Crippen LogP) is 0.698. The molecule has 0 spiro atoms. The molecule has 8 nitrogen and oxygen atoms in total. The van der Waals surface area contributed by atoms with Gasteiger partial charge in [0.25, 0.3) is 5.91 Å². The highest BCUT2D eigenvalue weighted by Gasteiger charge is 2.52. The topological polar surface area (TPSA) is 119 Å². The van der Waals surface area contributed by atoms with Gasteiger partial charge in [-0.2, -0.15) is 0 Å². The average Bonchev–Trinajstić information content (AvgIpc) is 3.09. The fraction of sp³-hybridized carbons (Fsp3) is 0.429. The van der Waals surface area contributed by atoms with Gasteiger partial charge < -0.3 is 19.9 Å². The number of carbonyl (C=O) groups is 2. The average molecular weight is 438 g/mol. The van der Waals surface area contributed by atoms with Gasteiger partial charge in [0, 0.05) is 24.7 Å². The van der Waals surface area contributed by atoms with Crippen LogP contribution in [0.4, 0.5) is 0 Å². The van der Waals surface area contributed by atoms with Gasteiger partial charge in [0.05, 0.1) is 25.2 Å². The van der Waals surface area contributed by atoms with Gasteiger partial charge in [0.15, 0.2) is 15.9 Å². The number of sulfone groups is 1. The summed E-state index contributed by atoms with van der Waals surface area (Å²) in [5, 5.41) is 11.3. The normalized spacial score (nSPS) is 20.0. The van der Waals surface area contributed by atoms with Crippen LogP contribution in [0.1, 0.15) is 28.8 Å². The molecule has 2 N–H and O–H groups in total. The molecule has 1 aromatic carbocycles. The smallest absolute Gasteiger partial charge is 0.331 e. The van der Waals surface area contributed by atoms with Crippen LogP contribution in [0, 0.1) is 11.8 Å². The summed E-state index contributed by atoms with van der Waals surface area (Å²) in [4.78, 5) is 24.9. The molecule has 0 saturated carbocycles. The Balaban J connectivity index is 0.00000218. The molecule has 0 aliphatic carbocycles. The zero-order valence-electron chi connectivity index (χ0n) is 17.1. The quantitative estimate of drug-likeness (QED) is 0.382. The molecule has 1 aliphatic rings. The second kappa shape index (κ2) is 11.5. The number of hydrogen-bond acceptors (Lipinski definition) is 7. The van der Waals surface area contributed by atoms with E-state index in [1.807, 2.05) is 0 Å². The van der Waals surface area contributed by atoms with Gasteiger partial charge in [-0.15, -0.1) is 13.2 Å². The molecular formula is C21H27NO7S. The van der Waals surface area contributed by atoms with Gasteiger partial charge in [-0.3, -0.25) is 4.79 Å². The highest BCUT2D eigenvalue weighted by Crippen LogP contribution is 2.31. The SMILES string of the molecule is C=C.COC(=O)C(NC(=O)c1ccc(C#CCCO)cc1)C1(OC)CCS(=O)(=O)C1. The molecular weight excluding hydrogens is 410 g/mol. The zero-order valence-corrected chi connectivity index (χ0v) is 18.0. The highest BCUT2D eigenvalue weighted by molar-refractivity contribution is 7.91. The fourth-order valence-electron chi connectivity index (χ4n) is 3.01. The molecule has 0 radical (unpaired) electrons. The van der Waals surface area contributed by atoms with Crippen molar-refractivity contribution in [1.29, 1.82) is 0 Å². The number of ether oxygens (including phenoxy) is 2. The van der Waals surface area contributed by atoms with Crippen LogP contribution < -0.4 is 5.32 Å². The number of benzene rings is 1. The molecule has 9 heteroatoms. The van der Waals surface area contributed by atoms with Crippen molar-refractivity contribution in [3.05, 3.63) is 48.6 Å². The monoisotopic (exact) mass is 437 g/mol. The minimum absolute atomic E-state index is 0.0284. The molecule has 1 fully saturated rings. The summed E-state index contributed by atoms with van der Waals surface area (Å²) >= 11 is 0. The fourth-order valence-corrected chi connectivity index (χ4v) is 4.99. The maximum atomic E-state index is 12.6. The molecule has 1 saturated heterocycles. The van der Waals surface area contributed by atoms with E-state index in [4.69, 9.17) is 14.6 Å². The first-order valence-electron chi connectivity index (χ1n) is 9.11. The lowest BCUT2D eigenvalue weighted by Crippen LogP contribution is -2.59. The first-order valence-corrected chi connectivity index (χ1v) is 10.9. The summed E-state index contributed by atoms with van der Waals surface area (Å²) in [6.45, 7) is 5.97. The lowest BCUT2D eigenvalue weighted by Gasteiger charge is -2.33. The Bertz CT molecular complexity index is 900. The highest BCUT2D eigenvalue weighted by atomic mass is 32.2. The standard InChI is InChI=1S/C19H23NO7S.C2H4/c1-26-18(23)16(19(27-2)10-12-28(24,25)13-19)20-17(22)15-8-6-14(7-9-15)5-3-4-11-21;1-2/h6-9,16,21H,4,10-13H2,1-2H3,(H,20,22);1-2H2. The van der Waals surface area contributed by atoms with Crippen LogP contribution in [0.2, 0.25) is 0 Å². The Morgan fingerprint density at radius 3 is 2.37 bits per heavy atom. The van der Waals surface area contributed by atoms with Crippen molar-refractivity contribution in [2.24, 2.45) is 0 Å². The van der Waals surface area contributed by atoms with Crippen LogP contribution in [-0.4, -0.2) is 69.4 Å². The molecule has 1 aliphatic heterocycles. The van der Waals surface area contributed by atoms with Crippen LogP contribution in [0.5, 0.6) is 0 Å². The van der Waals surface area contributed by atoms with Crippen LogP contribution in [0.3, 0.4) is 0 Å². The van der Waals surface area contributed by atoms with Gasteiger partial charge in [0.1, 0.15) is 5.60 Å². The number of methoxy groups -OCH3 is 2. The van der Waals surface area contributed by atoms with Crippen LogP contribution in [0.15, 0.2) is 37.4 Å². The molecule has 1 amide bonds. The Kier molecular flexibility index (Phi) is 9.72. The van der Waals surface area contributed by atoms with Crippen molar-refractivity contribution in [3.63, 3.8) is 0 Å². The van der Waals surface area contributed by atoms with Crippen molar-refractivity contribution >= 4 is 21.7 Å². The molecule has 0 bridgehead atoms. The van der Waals surface area contributed by atoms with Crippen molar-refractivity contribution in [2.75, 3.05) is 32.3 Å². The second-order valence-corrected chi connectivity index (χ2v) is 8.58. The maximum absolute atomic E-state index is 12.6. The number of nitrogens with one attached hydrogen (secondary N) is 1. The van der Waals surface area contributed by atoms with Crippen molar-refractivity contribution in [1.82, 2.24) is 5.32 Å². The Hall–Kier alpha value is -2.67. The molecule has 0 aromatic heterocycles. The van der Waals surface area contributed by atoms with Crippen molar-refractivity contribution in [3.8, 4) is 11.8 Å². The van der Waals surface area contributed by atoms with Crippen LogP contribution in [0.25, 0.3) is 0 Å². The summed E-state index contributed by atoms with van der Waals surface area (Å²) < 4.78 is 34.1. The summed E-state index contributed by atoms with van der Waals surface area (Å²) in [6, 6.07) is 5.09. The Labute approximate surface area is 177 Å². The third-order valence-electron chi connectivity index (χ3n) is 4.56. The number of amides is 1. The van der Waals surface area contributed by atoms with E-state index >= 15 is 0 Å². The first-order chi connectivity index (χ1) is 14.3. The van der Waals surface area contributed by atoms with Gasteiger partial charge in [-0.1, -0.05) is 11.8 Å². The van der Waals surface area contributed by atoms with E-state index < -0.39 is 33.4 Å². The summed E-state index contributed by atoms with van der Waals surface area (Å²) in [6.07, 6.45) is 0.427. The van der Waals surface area contributed by atoms with E-state index in [0.717, 1.165) is 7.11 Å². The third-order valence-corrected chi connectivity index (χ3v) is 6.32. The summed E-state index contributed by atoms with van der Waals surface area (Å²) in [5.74, 6) is 3.77. The van der Waals surface area contributed by atoms with E-state index in [1.54, 1.807) is 12.1 Å². The molecule has 1 heterocycles. The number of rotatable bonds is 6. The molecule has 164 valence electrons. The third kappa shape index (κ3) is 6.42. The molecule has 2 atom stereocenters. The van der Waals surface area contributed by atoms with Gasteiger partial charge in [0.2, 0.25) is 0 Å². The van der Waals surface area contributed by atoms with Crippen LogP contribution in [-0.2, 0) is 24.1 Å². The summed E-state index contributed by atoms with van der Waals surface area (Å²) in [7, 11) is -0.918. The van der Waals surface area contributed by atoms with Crippen molar-refractivity contribution in [2.45, 2.75) is 24.5 Å². The lowest BCUT2D eigenvalue weighted by molar-refractivity contribution is -0.151. The second-order valence-electron chi connectivity index (χ2n) is 6.39. The Morgan fingerprint density at radius 2 is 1.90 bits per heavy atom. The minimum atomic E-state index is -3.39. The molecule has 1 aromatic rings. The van der Waals surface area contributed by atoms with E-state index in [-0.39, 0.29) is 30.1 Å². The van der Waals surface area contributed by atoms with Gasteiger partial charge >= 0.3 is 5.97 Å². The number of esters is 1. The zero-order chi connectivity index (χ0) is 22.8. The van der Waals surface area contributed by atoms with Crippen LogP contribution >= 0.6 is 0 Å². The van der Waals surface area contributed by atoms with E-state index in [1.165, 1.54) is 19.2 Å². The largest absolute Gasteiger partial charge is 0.467 e. The van der Waals surface area contributed by atoms with E-state index in [2.05, 4.69) is 30.3 Å². The predicted molar refractivity (Wildman–Crippen MR) is 113 cm³/mol. The summed E-state index contributed by atoms with van der Waals surface area (Å²) in [5.41, 5.74) is -0.435. The van der Waals surface area contributed by atoms with Gasteiger partial charge in [-0.05, 0) is 30.7 Å². The molecule has 2 unspecified atom stereocenters. The molecule has 2 rings (SSSR count). The van der Waals surface area contributed by atoms with Crippen molar-refractivity contribution < 1.29 is 32.6 Å². The number of carbonyl (C=O) groups excluding carboxylic acids is 2. The lowest BCUT2D eigenvalue weighted by atomic mass is 9.92. The minimum Gasteiger partial charge on any atom is -0.467 e. The van der Waals surface area contributed by atoms with Gasteiger partial charge in [-0.25, -0.2) is 13.2 Å². The number of aliphatic hydroxyl groups excluding tert-OH is 1. The first kappa shape index (κ1) is 25.4. The number of hydrogen-bond donors (Lipinski definition) is 2. The Morgan fingerprint density at radius 1 is 1.27 bits per heavy atom. The maximum Gasteiger partial charge on any atom is 0.331 e.